The summed E-state index contributed by atoms with van der Waals surface area (Å²) in [7, 11) is 0. The lowest BCUT2D eigenvalue weighted by atomic mass is 9.92. The highest BCUT2D eigenvalue weighted by Gasteiger charge is 2.49. The van der Waals surface area contributed by atoms with Crippen molar-refractivity contribution in [2.45, 2.75) is 42.8 Å². The number of hydrogen-bond donors (Lipinski definition) is 2. The van der Waals surface area contributed by atoms with Gasteiger partial charge in [0.15, 0.2) is 0 Å². The molecule has 2 saturated heterocycles. The molecule has 200 valence electrons. The molecule has 7 nitrogen and oxygen atoms in total. The van der Waals surface area contributed by atoms with Crippen molar-refractivity contribution in [1.82, 2.24) is 9.88 Å². The van der Waals surface area contributed by atoms with E-state index in [0.29, 0.717) is 17.5 Å². The molecule has 0 saturated carbocycles. The van der Waals surface area contributed by atoms with Gasteiger partial charge in [-0.1, -0.05) is 6.07 Å². The van der Waals surface area contributed by atoms with E-state index in [0.717, 1.165) is 12.3 Å². The minimum atomic E-state index is -5.08. The van der Waals surface area contributed by atoms with Gasteiger partial charge in [0.1, 0.15) is 0 Å². The topological polar surface area (TPSA) is 100.0 Å². The van der Waals surface area contributed by atoms with E-state index in [-0.39, 0.29) is 0 Å². The lowest BCUT2D eigenvalue weighted by Crippen LogP contribution is -2.58. The Morgan fingerprint density at radius 1 is 1.08 bits per heavy atom. The van der Waals surface area contributed by atoms with Crippen LogP contribution in [0.15, 0.2) is 41.4 Å². The highest BCUT2D eigenvalue weighted by Crippen LogP contribution is 2.46. The number of likely N-dealkylation sites (tertiary alicyclic amines) is 1. The SMILES string of the molecule is O=C(O)C(F)(F)F.O=C(O)C(F)(F)F.c1cncc(COC2CSC3(C2)CN(Cc2ccsc2)C3)c1. The first-order valence-corrected chi connectivity index (χ1v) is 12.1. The molecule has 15 heteroatoms. The second kappa shape index (κ2) is 12.7. The molecule has 1 atom stereocenters. The standard InChI is InChI=1S/C17H20N2OS2.2C2HF3O2/c1-2-14(7-18-4-1)9-20-16-6-17(22-11-16)12-19(13-17)8-15-3-5-21-10-15;2*3-2(4,5)1(6)7/h1-5,7,10,16H,6,8-9,11-13H2;2*(H,6,7). The van der Waals surface area contributed by atoms with E-state index >= 15 is 0 Å². The molecule has 4 rings (SSSR count). The molecule has 4 heterocycles. The van der Waals surface area contributed by atoms with Gasteiger partial charge in [0.25, 0.3) is 0 Å². The van der Waals surface area contributed by atoms with Crippen molar-refractivity contribution < 1.29 is 50.9 Å². The fraction of sp³-hybridized carbons (Fsp3) is 0.476. The van der Waals surface area contributed by atoms with E-state index in [4.69, 9.17) is 24.5 Å². The molecule has 1 spiro atoms. The van der Waals surface area contributed by atoms with Gasteiger partial charge in [-0.25, -0.2) is 9.59 Å². The first-order valence-electron chi connectivity index (χ1n) is 10.2. The zero-order valence-corrected chi connectivity index (χ0v) is 20.1. The van der Waals surface area contributed by atoms with Gasteiger partial charge in [0, 0.05) is 42.5 Å². The fourth-order valence-corrected chi connectivity index (χ4v) is 5.61. The number of thioether (sulfide) groups is 1. The number of carboxylic acid groups (broad SMARTS) is 2. The lowest BCUT2D eigenvalue weighted by molar-refractivity contribution is -0.193. The lowest BCUT2D eigenvalue weighted by Gasteiger charge is -2.47. The summed E-state index contributed by atoms with van der Waals surface area (Å²) in [6.45, 7) is 4.21. The van der Waals surface area contributed by atoms with Gasteiger partial charge in [-0.3, -0.25) is 9.88 Å². The molecule has 36 heavy (non-hydrogen) atoms. The monoisotopic (exact) mass is 560 g/mol. The molecule has 0 aliphatic carbocycles. The molecular weight excluding hydrogens is 538 g/mol. The highest BCUT2D eigenvalue weighted by molar-refractivity contribution is 8.01. The van der Waals surface area contributed by atoms with Crippen LogP contribution < -0.4 is 0 Å². The van der Waals surface area contributed by atoms with Crippen LogP contribution in [0.2, 0.25) is 0 Å². The summed E-state index contributed by atoms with van der Waals surface area (Å²) < 4.78 is 70.0. The predicted octanol–water partition coefficient (Wildman–Crippen LogP) is 4.69. The smallest absolute Gasteiger partial charge is 0.475 e. The summed E-state index contributed by atoms with van der Waals surface area (Å²) in [6.07, 6.45) is -4.88. The number of halogens is 6. The van der Waals surface area contributed by atoms with Crippen molar-refractivity contribution in [3.8, 4) is 0 Å². The summed E-state index contributed by atoms with van der Waals surface area (Å²) in [5.41, 5.74) is 2.62. The van der Waals surface area contributed by atoms with Crippen molar-refractivity contribution in [2.75, 3.05) is 18.8 Å². The fourth-order valence-electron chi connectivity index (χ4n) is 3.35. The average Bonchev–Trinajstić information content (AvgIpc) is 3.43. The second-order valence-electron chi connectivity index (χ2n) is 7.88. The van der Waals surface area contributed by atoms with E-state index in [1.165, 1.54) is 30.6 Å². The first-order chi connectivity index (χ1) is 16.7. The predicted molar refractivity (Wildman–Crippen MR) is 120 cm³/mol. The van der Waals surface area contributed by atoms with Gasteiger partial charge in [-0.05, 0) is 40.4 Å². The van der Waals surface area contributed by atoms with Crippen LogP contribution in [0.4, 0.5) is 26.3 Å². The maximum Gasteiger partial charge on any atom is 0.490 e. The molecule has 0 radical (unpaired) electrons. The van der Waals surface area contributed by atoms with E-state index in [1.54, 1.807) is 17.5 Å². The number of rotatable bonds is 5. The number of carboxylic acids is 2. The van der Waals surface area contributed by atoms with E-state index < -0.39 is 24.3 Å². The number of nitrogens with zero attached hydrogens (tertiary/aromatic N) is 2. The Labute approximate surface area is 210 Å². The Balaban J connectivity index is 0.000000271. The van der Waals surface area contributed by atoms with Crippen molar-refractivity contribution in [1.29, 1.82) is 0 Å². The van der Waals surface area contributed by atoms with Gasteiger partial charge < -0.3 is 14.9 Å². The number of carbonyl (C=O) groups is 2. The van der Waals surface area contributed by atoms with Crippen molar-refractivity contribution in [2.24, 2.45) is 0 Å². The molecule has 0 bridgehead atoms. The summed E-state index contributed by atoms with van der Waals surface area (Å²) in [5.74, 6) is -4.38. The van der Waals surface area contributed by atoms with Crippen LogP contribution in [0, 0.1) is 0 Å². The maximum absolute atomic E-state index is 10.6. The number of aliphatic carboxylic acids is 2. The first kappa shape index (κ1) is 29.9. The normalized spacial score (nSPS) is 18.9. The molecule has 1 unspecified atom stereocenters. The molecule has 0 amide bonds. The Kier molecular flexibility index (Phi) is 10.6. The quantitative estimate of drug-likeness (QED) is 0.509. The Hall–Kier alpha value is -2.36. The molecular formula is C21H22F6N2O5S2. The van der Waals surface area contributed by atoms with E-state index in [1.807, 2.05) is 12.3 Å². The maximum atomic E-state index is 10.6. The van der Waals surface area contributed by atoms with Crippen LogP contribution in [0.3, 0.4) is 0 Å². The Morgan fingerprint density at radius 3 is 2.17 bits per heavy atom. The molecule has 2 aromatic heterocycles. The van der Waals surface area contributed by atoms with Gasteiger partial charge >= 0.3 is 24.3 Å². The van der Waals surface area contributed by atoms with Crippen molar-refractivity contribution >= 4 is 35.0 Å². The number of pyridine rings is 1. The zero-order chi connectivity index (χ0) is 27.0. The third-order valence-corrected chi connectivity index (χ3v) is 7.19. The second-order valence-corrected chi connectivity index (χ2v) is 10.1. The molecule has 0 aromatic carbocycles. The van der Waals surface area contributed by atoms with Crippen LogP contribution >= 0.6 is 23.1 Å². The van der Waals surface area contributed by atoms with Crippen LogP contribution in [-0.2, 0) is 27.5 Å². The van der Waals surface area contributed by atoms with Crippen LogP contribution in [-0.4, -0.2) is 74.1 Å². The third kappa shape index (κ3) is 9.95. The van der Waals surface area contributed by atoms with Gasteiger partial charge in [0.2, 0.25) is 0 Å². The molecule has 2 aliphatic rings. The number of hydrogen-bond acceptors (Lipinski definition) is 7. The molecule has 2 N–H and O–H groups in total. The van der Waals surface area contributed by atoms with E-state index in [9.17, 15) is 26.3 Å². The Morgan fingerprint density at radius 2 is 1.69 bits per heavy atom. The summed E-state index contributed by atoms with van der Waals surface area (Å²) in [4.78, 5) is 24.5. The van der Waals surface area contributed by atoms with Gasteiger partial charge in [-0.2, -0.15) is 37.7 Å². The number of alkyl halides is 6. The minimum absolute atomic E-state index is 0.397. The zero-order valence-electron chi connectivity index (χ0n) is 18.5. The molecule has 2 aliphatic heterocycles. The Bertz CT molecular complexity index is 943. The van der Waals surface area contributed by atoms with Crippen LogP contribution in [0.1, 0.15) is 17.5 Å². The van der Waals surface area contributed by atoms with Crippen LogP contribution in [0.25, 0.3) is 0 Å². The number of aromatic nitrogens is 1. The summed E-state index contributed by atoms with van der Waals surface area (Å²) in [6, 6.07) is 6.28. The number of thiophene rings is 1. The third-order valence-electron chi connectivity index (χ3n) is 4.88. The largest absolute Gasteiger partial charge is 0.490 e. The molecule has 2 fully saturated rings. The van der Waals surface area contributed by atoms with Crippen molar-refractivity contribution in [3.63, 3.8) is 0 Å². The van der Waals surface area contributed by atoms with Gasteiger partial charge in [-0.15, -0.1) is 11.8 Å². The minimum Gasteiger partial charge on any atom is -0.475 e. The summed E-state index contributed by atoms with van der Waals surface area (Å²) in [5, 5.41) is 18.7. The van der Waals surface area contributed by atoms with Crippen LogP contribution in [0.5, 0.6) is 0 Å². The number of ether oxygens (including phenoxy) is 1. The van der Waals surface area contributed by atoms with Crippen molar-refractivity contribution in [3.05, 3.63) is 52.5 Å². The van der Waals surface area contributed by atoms with Gasteiger partial charge in [0.05, 0.1) is 12.7 Å². The highest BCUT2D eigenvalue weighted by atomic mass is 32.2. The summed E-state index contributed by atoms with van der Waals surface area (Å²) >= 11 is 3.90. The van der Waals surface area contributed by atoms with E-state index in [2.05, 4.69) is 44.5 Å². The molecule has 2 aromatic rings. The average molecular weight is 561 g/mol.